The molecular weight excluding hydrogens is 323 g/mol. The SMILES string of the molecule is Cn1nc(-c2ccc(O)cc2)cc1-c1cc(Cl)c(O)c(Cl)c1. The molecule has 0 atom stereocenters. The average Bonchev–Trinajstić information content (AvgIpc) is 2.87. The zero-order valence-electron chi connectivity index (χ0n) is 11.6. The van der Waals surface area contributed by atoms with Crippen molar-refractivity contribution in [2.45, 2.75) is 0 Å². The number of phenolic OH excluding ortho intramolecular Hbond substituents is 2. The van der Waals surface area contributed by atoms with Crippen LogP contribution in [0.15, 0.2) is 42.5 Å². The Bertz CT molecular complexity index is 819. The van der Waals surface area contributed by atoms with Crippen LogP contribution in [-0.4, -0.2) is 20.0 Å². The quantitative estimate of drug-likeness (QED) is 0.726. The predicted octanol–water partition coefficient (Wildman–Crippen LogP) is 4.47. The van der Waals surface area contributed by atoms with E-state index >= 15 is 0 Å². The lowest BCUT2D eigenvalue weighted by atomic mass is 10.1. The maximum absolute atomic E-state index is 9.65. The number of benzene rings is 2. The van der Waals surface area contributed by atoms with Gasteiger partial charge in [0.05, 0.1) is 21.4 Å². The normalized spacial score (nSPS) is 10.9. The number of aromatic hydroxyl groups is 2. The summed E-state index contributed by atoms with van der Waals surface area (Å²) in [7, 11) is 1.81. The van der Waals surface area contributed by atoms with Crippen molar-refractivity contribution in [2.24, 2.45) is 7.05 Å². The summed E-state index contributed by atoms with van der Waals surface area (Å²) in [6.45, 7) is 0. The summed E-state index contributed by atoms with van der Waals surface area (Å²) < 4.78 is 1.71. The Kier molecular flexibility index (Phi) is 3.72. The number of nitrogens with zero attached hydrogens (tertiary/aromatic N) is 2. The van der Waals surface area contributed by atoms with E-state index in [9.17, 15) is 10.2 Å². The number of aryl methyl sites for hydroxylation is 1. The third-order valence-corrected chi connectivity index (χ3v) is 3.93. The molecule has 0 saturated heterocycles. The summed E-state index contributed by atoms with van der Waals surface area (Å²) in [6, 6.07) is 12.0. The van der Waals surface area contributed by atoms with Gasteiger partial charge in [0.25, 0.3) is 0 Å². The first kappa shape index (κ1) is 14.8. The van der Waals surface area contributed by atoms with Crippen LogP contribution in [0.1, 0.15) is 0 Å². The summed E-state index contributed by atoms with van der Waals surface area (Å²) in [5.41, 5.74) is 3.22. The van der Waals surface area contributed by atoms with Gasteiger partial charge in [0.2, 0.25) is 0 Å². The van der Waals surface area contributed by atoms with Gasteiger partial charge in [-0.25, -0.2) is 0 Å². The molecule has 2 aromatic carbocycles. The zero-order valence-corrected chi connectivity index (χ0v) is 13.1. The van der Waals surface area contributed by atoms with Gasteiger partial charge >= 0.3 is 0 Å². The number of rotatable bonds is 2. The van der Waals surface area contributed by atoms with Crippen molar-refractivity contribution in [2.75, 3.05) is 0 Å². The highest BCUT2D eigenvalue weighted by Crippen LogP contribution is 2.37. The molecule has 1 aromatic heterocycles. The topological polar surface area (TPSA) is 58.3 Å². The van der Waals surface area contributed by atoms with E-state index in [0.29, 0.717) is 0 Å². The number of phenols is 2. The molecule has 22 heavy (non-hydrogen) atoms. The highest BCUT2D eigenvalue weighted by Gasteiger charge is 2.13. The largest absolute Gasteiger partial charge is 0.508 e. The minimum atomic E-state index is -0.131. The number of aromatic nitrogens is 2. The molecule has 0 saturated carbocycles. The van der Waals surface area contributed by atoms with Crippen molar-refractivity contribution in [3.63, 3.8) is 0 Å². The van der Waals surface area contributed by atoms with Crippen LogP contribution in [0, 0.1) is 0 Å². The molecule has 0 aliphatic carbocycles. The van der Waals surface area contributed by atoms with Crippen LogP contribution in [0.4, 0.5) is 0 Å². The van der Waals surface area contributed by atoms with Gasteiger partial charge in [-0.15, -0.1) is 0 Å². The van der Waals surface area contributed by atoms with E-state index in [1.165, 1.54) is 0 Å². The van der Waals surface area contributed by atoms with Gasteiger partial charge in [-0.1, -0.05) is 23.2 Å². The van der Waals surface area contributed by atoms with E-state index in [-0.39, 0.29) is 21.5 Å². The summed E-state index contributed by atoms with van der Waals surface area (Å²) in [5.74, 6) is 0.0741. The Morgan fingerprint density at radius 2 is 1.50 bits per heavy atom. The maximum Gasteiger partial charge on any atom is 0.152 e. The van der Waals surface area contributed by atoms with Crippen molar-refractivity contribution >= 4 is 23.2 Å². The fourth-order valence-electron chi connectivity index (χ4n) is 2.22. The van der Waals surface area contributed by atoms with Crippen LogP contribution in [0.5, 0.6) is 11.5 Å². The molecule has 3 aromatic rings. The van der Waals surface area contributed by atoms with E-state index in [4.69, 9.17) is 23.2 Å². The Morgan fingerprint density at radius 3 is 2.09 bits per heavy atom. The molecule has 0 aliphatic rings. The van der Waals surface area contributed by atoms with E-state index in [0.717, 1.165) is 22.5 Å². The van der Waals surface area contributed by atoms with Crippen LogP contribution in [0.3, 0.4) is 0 Å². The standard InChI is InChI=1S/C16H12Cl2N2O2/c1-20-15(10-6-12(17)16(22)13(18)7-10)8-14(19-20)9-2-4-11(21)5-3-9/h2-8,21-22H,1H3. The molecule has 6 heteroatoms. The Labute approximate surface area is 137 Å². The van der Waals surface area contributed by atoms with E-state index in [2.05, 4.69) is 5.10 Å². The summed E-state index contributed by atoms with van der Waals surface area (Å²) in [4.78, 5) is 0. The minimum absolute atomic E-state index is 0.131. The second kappa shape index (κ2) is 5.55. The monoisotopic (exact) mass is 334 g/mol. The van der Waals surface area contributed by atoms with Gasteiger partial charge < -0.3 is 10.2 Å². The second-order valence-electron chi connectivity index (χ2n) is 4.87. The van der Waals surface area contributed by atoms with Crippen LogP contribution in [0.25, 0.3) is 22.5 Å². The van der Waals surface area contributed by atoms with Crippen LogP contribution >= 0.6 is 23.2 Å². The average molecular weight is 335 g/mol. The first-order chi connectivity index (χ1) is 10.5. The van der Waals surface area contributed by atoms with Crippen LogP contribution in [-0.2, 0) is 7.05 Å². The first-order valence-electron chi connectivity index (χ1n) is 6.47. The third kappa shape index (κ3) is 2.63. The zero-order chi connectivity index (χ0) is 15.9. The fraction of sp³-hybridized carbons (Fsp3) is 0.0625. The first-order valence-corrected chi connectivity index (χ1v) is 7.23. The number of hydrogen-bond acceptors (Lipinski definition) is 3. The number of halogens is 2. The van der Waals surface area contributed by atoms with Gasteiger partial charge in [0.1, 0.15) is 5.75 Å². The van der Waals surface area contributed by atoms with E-state index in [1.807, 2.05) is 13.1 Å². The molecule has 0 bridgehead atoms. The lowest BCUT2D eigenvalue weighted by molar-refractivity contribution is 0.475. The molecule has 0 amide bonds. The molecule has 0 aliphatic heterocycles. The van der Waals surface area contributed by atoms with Gasteiger partial charge in [0.15, 0.2) is 5.75 Å². The van der Waals surface area contributed by atoms with E-state index in [1.54, 1.807) is 41.1 Å². The molecule has 112 valence electrons. The highest BCUT2D eigenvalue weighted by molar-refractivity contribution is 6.37. The van der Waals surface area contributed by atoms with Crippen molar-refractivity contribution in [3.8, 4) is 34.0 Å². The highest BCUT2D eigenvalue weighted by atomic mass is 35.5. The molecule has 1 heterocycles. The molecule has 0 unspecified atom stereocenters. The fourth-order valence-corrected chi connectivity index (χ4v) is 2.71. The molecule has 4 nitrogen and oxygen atoms in total. The number of hydrogen-bond donors (Lipinski definition) is 2. The minimum Gasteiger partial charge on any atom is -0.508 e. The molecule has 3 rings (SSSR count). The van der Waals surface area contributed by atoms with Crippen molar-refractivity contribution in [3.05, 3.63) is 52.5 Å². The molecular formula is C16H12Cl2N2O2. The molecule has 2 N–H and O–H groups in total. The van der Waals surface area contributed by atoms with Gasteiger partial charge in [0, 0.05) is 18.2 Å². The summed E-state index contributed by atoms with van der Waals surface area (Å²) >= 11 is 11.9. The van der Waals surface area contributed by atoms with Crippen molar-refractivity contribution in [1.82, 2.24) is 9.78 Å². The van der Waals surface area contributed by atoms with Crippen LogP contribution in [0.2, 0.25) is 10.0 Å². The Hall–Kier alpha value is -2.17. The van der Waals surface area contributed by atoms with Crippen molar-refractivity contribution in [1.29, 1.82) is 0 Å². The van der Waals surface area contributed by atoms with E-state index < -0.39 is 0 Å². The Morgan fingerprint density at radius 1 is 0.909 bits per heavy atom. The molecule has 0 spiro atoms. The van der Waals surface area contributed by atoms with Crippen molar-refractivity contribution < 1.29 is 10.2 Å². The third-order valence-electron chi connectivity index (χ3n) is 3.36. The maximum atomic E-state index is 9.65. The lowest BCUT2D eigenvalue weighted by Crippen LogP contribution is -1.94. The Balaban J connectivity index is 2.08. The predicted molar refractivity (Wildman–Crippen MR) is 87.4 cm³/mol. The second-order valence-corrected chi connectivity index (χ2v) is 5.69. The summed E-state index contributed by atoms with van der Waals surface area (Å²) in [6.07, 6.45) is 0. The molecule has 0 radical (unpaired) electrons. The van der Waals surface area contributed by atoms with Gasteiger partial charge in [-0.05, 0) is 42.5 Å². The summed E-state index contributed by atoms with van der Waals surface area (Å²) in [5, 5.41) is 23.8. The van der Waals surface area contributed by atoms with Crippen LogP contribution < -0.4 is 0 Å². The smallest absolute Gasteiger partial charge is 0.152 e. The lowest BCUT2D eigenvalue weighted by Gasteiger charge is -2.05. The van der Waals surface area contributed by atoms with Gasteiger partial charge in [-0.3, -0.25) is 4.68 Å². The molecule has 0 fully saturated rings. The van der Waals surface area contributed by atoms with Gasteiger partial charge in [-0.2, -0.15) is 5.10 Å².